The molecule has 7 heteroatoms. The number of likely N-dealkylation sites (tertiary alicyclic amines) is 1. The molecule has 0 radical (unpaired) electrons. The van der Waals surface area contributed by atoms with Gasteiger partial charge in [0.1, 0.15) is 12.9 Å². The quantitative estimate of drug-likeness (QED) is 0.575. The van der Waals surface area contributed by atoms with E-state index in [2.05, 4.69) is 10.1 Å². The van der Waals surface area contributed by atoms with Crippen LogP contribution < -0.4 is 5.73 Å². The Morgan fingerprint density at radius 2 is 2.43 bits per heavy atom. The molecule has 1 fully saturated rings. The fourth-order valence-corrected chi connectivity index (χ4v) is 1.28. The van der Waals surface area contributed by atoms with E-state index in [0.717, 1.165) is 0 Å². The standard InChI is InChI=1S/C7H11N5O2/c8-7-9-4-12(10-7)3-6(14)11-1-5(13)2-11/h4-5,13H,1-3H2,(H2,8,10). The van der Waals surface area contributed by atoms with Gasteiger partial charge in [0.15, 0.2) is 0 Å². The van der Waals surface area contributed by atoms with Crippen LogP contribution in [0.25, 0.3) is 0 Å². The van der Waals surface area contributed by atoms with Crippen molar-refractivity contribution in [3.63, 3.8) is 0 Å². The lowest BCUT2D eigenvalue weighted by molar-refractivity contribution is -0.142. The number of carbonyl (C=O) groups is 1. The van der Waals surface area contributed by atoms with E-state index in [1.807, 2.05) is 0 Å². The van der Waals surface area contributed by atoms with Crippen LogP contribution in [0, 0.1) is 0 Å². The van der Waals surface area contributed by atoms with Gasteiger partial charge in [-0.05, 0) is 0 Å². The molecular weight excluding hydrogens is 186 g/mol. The van der Waals surface area contributed by atoms with E-state index in [-0.39, 0.29) is 24.5 Å². The summed E-state index contributed by atoms with van der Waals surface area (Å²) in [6, 6.07) is 0. The molecule has 1 aliphatic heterocycles. The lowest BCUT2D eigenvalue weighted by Crippen LogP contribution is -2.54. The molecule has 0 atom stereocenters. The van der Waals surface area contributed by atoms with Gasteiger partial charge in [0.25, 0.3) is 0 Å². The summed E-state index contributed by atoms with van der Waals surface area (Å²) < 4.78 is 1.38. The maximum absolute atomic E-state index is 11.4. The van der Waals surface area contributed by atoms with Crippen LogP contribution in [-0.4, -0.2) is 49.9 Å². The number of carbonyl (C=O) groups excluding carboxylic acids is 1. The maximum atomic E-state index is 11.4. The summed E-state index contributed by atoms with van der Waals surface area (Å²) in [5.41, 5.74) is 5.29. The Labute approximate surface area is 80.1 Å². The summed E-state index contributed by atoms with van der Waals surface area (Å²) in [6.45, 7) is 0.933. The molecule has 0 bridgehead atoms. The number of hydrogen-bond acceptors (Lipinski definition) is 5. The second-order valence-corrected chi connectivity index (χ2v) is 3.25. The van der Waals surface area contributed by atoms with E-state index < -0.39 is 0 Å². The van der Waals surface area contributed by atoms with Crippen molar-refractivity contribution in [2.24, 2.45) is 0 Å². The van der Waals surface area contributed by atoms with Gasteiger partial charge in [-0.1, -0.05) is 0 Å². The smallest absolute Gasteiger partial charge is 0.244 e. The van der Waals surface area contributed by atoms with Crippen molar-refractivity contribution < 1.29 is 9.90 Å². The molecule has 0 spiro atoms. The number of aliphatic hydroxyl groups is 1. The second-order valence-electron chi connectivity index (χ2n) is 3.25. The van der Waals surface area contributed by atoms with Gasteiger partial charge in [-0.2, -0.15) is 0 Å². The summed E-state index contributed by atoms with van der Waals surface area (Å²) in [5.74, 6) is 0.0710. The van der Waals surface area contributed by atoms with Crippen LogP contribution in [0.15, 0.2) is 6.33 Å². The number of rotatable bonds is 2. The first-order valence-corrected chi connectivity index (χ1v) is 4.26. The zero-order valence-electron chi connectivity index (χ0n) is 7.50. The molecule has 0 aliphatic carbocycles. The van der Waals surface area contributed by atoms with Crippen molar-refractivity contribution in [2.45, 2.75) is 12.6 Å². The number of nitrogen functional groups attached to an aromatic ring is 1. The molecule has 1 amide bonds. The number of amides is 1. The van der Waals surface area contributed by atoms with Gasteiger partial charge in [-0.25, -0.2) is 9.67 Å². The van der Waals surface area contributed by atoms with Crippen LogP contribution in [0.3, 0.4) is 0 Å². The van der Waals surface area contributed by atoms with Crippen LogP contribution in [0.5, 0.6) is 0 Å². The number of hydrogen-bond donors (Lipinski definition) is 2. The minimum atomic E-state index is -0.375. The third-order valence-electron chi connectivity index (χ3n) is 2.07. The predicted molar refractivity (Wildman–Crippen MR) is 47.0 cm³/mol. The number of nitrogens with two attached hydrogens (primary N) is 1. The third-order valence-corrected chi connectivity index (χ3v) is 2.07. The normalized spacial score (nSPS) is 16.8. The van der Waals surface area contributed by atoms with Crippen molar-refractivity contribution in [3.8, 4) is 0 Å². The highest BCUT2D eigenvalue weighted by molar-refractivity contribution is 5.76. The van der Waals surface area contributed by atoms with Crippen LogP contribution >= 0.6 is 0 Å². The molecule has 0 saturated carbocycles. The molecule has 1 aromatic rings. The van der Waals surface area contributed by atoms with E-state index in [1.165, 1.54) is 11.0 Å². The van der Waals surface area contributed by atoms with Crippen LogP contribution in [0.4, 0.5) is 5.95 Å². The van der Waals surface area contributed by atoms with Crippen molar-refractivity contribution in [2.75, 3.05) is 18.8 Å². The predicted octanol–water partition coefficient (Wildman–Crippen LogP) is -1.94. The number of aliphatic hydroxyl groups excluding tert-OH is 1. The minimum absolute atomic E-state index is 0.0831. The Morgan fingerprint density at radius 3 is 2.93 bits per heavy atom. The number of β-amino-alcohol motifs (C(OH)–C–C–N with tert-alkyl or cyclic N) is 1. The number of aromatic nitrogens is 3. The molecule has 1 saturated heterocycles. The SMILES string of the molecule is Nc1ncn(CC(=O)N2CC(O)C2)n1. The van der Waals surface area contributed by atoms with E-state index in [9.17, 15) is 4.79 Å². The summed E-state index contributed by atoms with van der Waals surface area (Å²) in [4.78, 5) is 16.7. The van der Waals surface area contributed by atoms with E-state index in [4.69, 9.17) is 10.8 Å². The zero-order chi connectivity index (χ0) is 10.1. The first-order valence-electron chi connectivity index (χ1n) is 4.26. The van der Waals surface area contributed by atoms with Gasteiger partial charge in [0.05, 0.1) is 6.10 Å². The molecule has 2 rings (SSSR count). The van der Waals surface area contributed by atoms with Gasteiger partial charge < -0.3 is 15.7 Å². The summed E-state index contributed by atoms with van der Waals surface area (Å²) in [7, 11) is 0. The Morgan fingerprint density at radius 1 is 1.71 bits per heavy atom. The molecule has 3 N–H and O–H groups in total. The van der Waals surface area contributed by atoms with Crippen LogP contribution in [0.1, 0.15) is 0 Å². The topological polar surface area (TPSA) is 97.3 Å². The van der Waals surface area contributed by atoms with E-state index in [1.54, 1.807) is 4.90 Å². The van der Waals surface area contributed by atoms with E-state index in [0.29, 0.717) is 13.1 Å². The number of nitrogens with zero attached hydrogens (tertiary/aromatic N) is 4. The summed E-state index contributed by atoms with van der Waals surface area (Å²) in [6.07, 6.45) is 1.03. The molecule has 0 unspecified atom stereocenters. The van der Waals surface area contributed by atoms with Gasteiger partial charge in [0.2, 0.25) is 11.9 Å². The Kier molecular flexibility index (Phi) is 2.08. The fraction of sp³-hybridized carbons (Fsp3) is 0.571. The highest BCUT2D eigenvalue weighted by atomic mass is 16.3. The largest absolute Gasteiger partial charge is 0.389 e. The van der Waals surface area contributed by atoms with Gasteiger partial charge >= 0.3 is 0 Å². The summed E-state index contributed by atoms with van der Waals surface area (Å²) in [5, 5.41) is 12.8. The van der Waals surface area contributed by atoms with Crippen molar-refractivity contribution >= 4 is 11.9 Å². The lowest BCUT2D eigenvalue weighted by atomic mass is 10.2. The highest BCUT2D eigenvalue weighted by Gasteiger charge is 2.28. The molecule has 76 valence electrons. The molecule has 0 aromatic carbocycles. The third kappa shape index (κ3) is 1.67. The molecule has 1 aromatic heterocycles. The molecule has 2 heterocycles. The Hall–Kier alpha value is -1.63. The summed E-state index contributed by atoms with van der Waals surface area (Å²) >= 11 is 0. The van der Waals surface area contributed by atoms with Crippen LogP contribution in [0.2, 0.25) is 0 Å². The van der Waals surface area contributed by atoms with E-state index >= 15 is 0 Å². The molecule has 7 nitrogen and oxygen atoms in total. The van der Waals surface area contributed by atoms with Gasteiger partial charge in [-0.3, -0.25) is 4.79 Å². The minimum Gasteiger partial charge on any atom is -0.389 e. The average molecular weight is 197 g/mol. The molecule has 14 heavy (non-hydrogen) atoms. The average Bonchev–Trinajstić information content (AvgIpc) is 2.45. The van der Waals surface area contributed by atoms with Gasteiger partial charge in [-0.15, -0.1) is 5.10 Å². The van der Waals surface area contributed by atoms with Crippen LogP contribution in [-0.2, 0) is 11.3 Å². The maximum Gasteiger partial charge on any atom is 0.244 e. The number of anilines is 1. The molecular formula is C7H11N5O2. The first kappa shape index (κ1) is 8.95. The highest BCUT2D eigenvalue weighted by Crippen LogP contribution is 2.07. The zero-order valence-corrected chi connectivity index (χ0v) is 7.50. The Bertz CT molecular complexity index is 344. The van der Waals surface area contributed by atoms with Crippen molar-refractivity contribution in [1.29, 1.82) is 0 Å². The van der Waals surface area contributed by atoms with Crippen molar-refractivity contribution in [1.82, 2.24) is 19.7 Å². The lowest BCUT2D eigenvalue weighted by Gasteiger charge is -2.35. The molecule has 1 aliphatic rings. The monoisotopic (exact) mass is 197 g/mol. The second kappa shape index (κ2) is 3.26. The van der Waals surface area contributed by atoms with Crippen molar-refractivity contribution in [3.05, 3.63) is 6.33 Å². The first-order chi connectivity index (χ1) is 6.65. The Balaban J connectivity index is 1.89. The van der Waals surface area contributed by atoms with Gasteiger partial charge in [0, 0.05) is 13.1 Å². The fourth-order valence-electron chi connectivity index (χ4n) is 1.28.